The summed E-state index contributed by atoms with van der Waals surface area (Å²) in [6, 6.07) is 10.5. The van der Waals surface area contributed by atoms with Gasteiger partial charge in [0.1, 0.15) is 0 Å². The van der Waals surface area contributed by atoms with Gasteiger partial charge in [0, 0.05) is 18.4 Å². The van der Waals surface area contributed by atoms with Crippen LogP contribution in [0.25, 0.3) is 0 Å². The van der Waals surface area contributed by atoms with E-state index >= 15 is 0 Å². The van der Waals surface area contributed by atoms with Crippen LogP contribution in [0.15, 0.2) is 30.3 Å². The average Bonchev–Trinajstić information content (AvgIpc) is 2.47. The van der Waals surface area contributed by atoms with Gasteiger partial charge in [-0.05, 0) is 12.5 Å². The second kappa shape index (κ2) is 3.21. The van der Waals surface area contributed by atoms with E-state index in [-0.39, 0.29) is 11.9 Å². The Morgan fingerprint density at radius 1 is 1.31 bits per heavy atom. The molecule has 0 spiro atoms. The van der Waals surface area contributed by atoms with E-state index in [4.69, 9.17) is 0 Å². The van der Waals surface area contributed by atoms with E-state index in [2.05, 4.69) is 24.4 Å². The summed E-state index contributed by atoms with van der Waals surface area (Å²) in [5.41, 5.74) is 1.26. The lowest BCUT2D eigenvalue weighted by molar-refractivity contribution is -0.119. The molecule has 1 aromatic carbocycles. The maximum absolute atomic E-state index is 11.1. The molecule has 1 amide bonds. The third kappa shape index (κ3) is 1.57. The summed E-state index contributed by atoms with van der Waals surface area (Å²) >= 11 is 0. The molecule has 1 N–H and O–H groups in total. The number of carbonyl (C=O) groups excluding carboxylic acids is 1. The van der Waals surface area contributed by atoms with Crippen molar-refractivity contribution in [2.24, 2.45) is 0 Å². The maximum Gasteiger partial charge on any atom is 0.220 e. The van der Waals surface area contributed by atoms with Gasteiger partial charge >= 0.3 is 0 Å². The molecule has 1 fully saturated rings. The number of rotatable bonds is 1. The SMILES string of the molecule is CC1NC(=O)CC1c1ccccc1. The second-order valence-corrected chi connectivity index (χ2v) is 3.58. The minimum Gasteiger partial charge on any atom is -0.353 e. The van der Waals surface area contributed by atoms with Crippen LogP contribution in [0.5, 0.6) is 0 Å². The first-order valence-electron chi connectivity index (χ1n) is 4.61. The Morgan fingerprint density at radius 2 is 2.00 bits per heavy atom. The van der Waals surface area contributed by atoms with Gasteiger partial charge in [0.05, 0.1) is 0 Å². The summed E-state index contributed by atoms with van der Waals surface area (Å²) in [6.45, 7) is 2.06. The number of hydrogen-bond donors (Lipinski definition) is 1. The van der Waals surface area contributed by atoms with Gasteiger partial charge in [0.15, 0.2) is 0 Å². The fourth-order valence-corrected chi connectivity index (χ4v) is 1.90. The van der Waals surface area contributed by atoms with E-state index < -0.39 is 0 Å². The lowest BCUT2D eigenvalue weighted by atomic mass is 9.93. The highest BCUT2D eigenvalue weighted by Crippen LogP contribution is 2.27. The molecule has 2 unspecified atom stereocenters. The summed E-state index contributed by atoms with van der Waals surface area (Å²) in [5.74, 6) is 0.523. The van der Waals surface area contributed by atoms with Crippen LogP contribution in [0, 0.1) is 0 Å². The van der Waals surface area contributed by atoms with Crippen LogP contribution in [0.4, 0.5) is 0 Å². The molecule has 2 rings (SSSR count). The maximum atomic E-state index is 11.1. The normalized spacial score (nSPS) is 27.3. The topological polar surface area (TPSA) is 29.1 Å². The van der Waals surface area contributed by atoms with Crippen molar-refractivity contribution in [2.75, 3.05) is 0 Å². The van der Waals surface area contributed by atoms with Crippen LogP contribution >= 0.6 is 0 Å². The molecule has 2 heteroatoms. The van der Waals surface area contributed by atoms with Crippen LogP contribution < -0.4 is 5.32 Å². The fraction of sp³-hybridized carbons (Fsp3) is 0.364. The van der Waals surface area contributed by atoms with E-state index in [9.17, 15) is 4.79 Å². The Labute approximate surface area is 78.0 Å². The quantitative estimate of drug-likeness (QED) is 0.691. The summed E-state index contributed by atoms with van der Waals surface area (Å²) in [4.78, 5) is 11.1. The number of benzene rings is 1. The summed E-state index contributed by atoms with van der Waals surface area (Å²) in [6.07, 6.45) is 0.630. The lowest BCUT2D eigenvalue weighted by Gasteiger charge is -2.13. The minimum absolute atomic E-state index is 0.168. The molecule has 1 saturated heterocycles. The number of nitrogens with one attached hydrogen (secondary N) is 1. The van der Waals surface area contributed by atoms with Gasteiger partial charge in [-0.2, -0.15) is 0 Å². The summed E-state index contributed by atoms with van der Waals surface area (Å²) in [5, 5.41) is 2.93. The molecule has 0 aliphatic carbocycles. The van der Waals surface area contributed by atoms with Crippen molar-refractivity contribution in [3.05, 3.63) is 35.9 Å². The largest absolute Gasteiger partial charge is 0.353 e. The van der Waals surface area contributed by atoms with Crippen LogP contribution in [-0.4, -0.2) is 11.9 Å². The van der Waals surface area contributed by atoms with E-state index in [1.807, 2.05) is 18.2 Å². The van der Waals surface area contributed by atoms with Crippen molar-refractivity contribution in [1.82, 2.24) is 5.32 Å². The predicted octanol–water partition coefficient (Wildman–Crippen LogP) is 1.68. The molecule has 13 heavy (non-hydrogen) atoms. The van der Waals surface area contributed by atoms with Crippen molar-refractivity contribution in [3.8, 4) is 0 Å². The van der Waals surface area contributed by atoms with Crippen LogP contribution in [-0.2, 0) is 4.79 Å². The Kier molecular flexibility index (Phi) is 2.05. The van der Waals surface area contributed by atoms with Gasteiger partial charge in [0.2, 0.25) is 5.91 Å². The van der Waals surface area contributed by atoms with E-state index in [0.717, 1.165) is 0 Å². The summed E-state index contributed by atoms with van der Waals surface area (Å²) in [7, 11) is 0. The van der Waals surface area contributed by atoms with Gasteiger partial charge in [-0.15, -0.1) is 0 Å². The Hall–Kier alpha value is -1.31. The highest BCUT2D eigenvalue weighted by Gasteiger charge is 2.29. The molecule has 2 atom stereocenters. The molecule has 1 aromatic rings. The zero-order chi connectivity index (χ0) is 9.26. The van der Waals surface area contributed by atoms with Crippen molar-refractivity contribution in [2.45, 2.75) is 25.3 Å². The Balaban J connectivity index is 2.23. The van der Waals surface area contributed by atoms with Gasteiger partial charge < -0.3 is 5.32 Å². The zero-order valence-electron chi connectivity index (χ0n) is 7.66. The molecule has 1 heterocycles. The first kappa shape index (κ1) is 8.30. The van der Waals surface area contributed by atoms with Crippen molar-refractivity contribution in [1.29, 1.82) is 0 Å². The smallest absolute Gasteiger partial charge is 0.220 e. The van der Waals surface area contributed by atoms with E-state index in [0.29, 0.717) is 12.3 Å². The summed E-state index contributed by atoms with van der Waals surface area (Å²) < 4.78 is 0. The Morgan fingerprint density at radius 3 is 2.54 bits per heavy atom. The molecular weight excluding hydrogens is 162 g/mol. The third-order valence-electron chi connectivity index (χ3n) is 2.63. The number of hydrogen-bond acceptors (Lipinski definition) is 1. The standard InChI is InChI=1S/C11H13NO/c1-8-10(7-11(13)12-8)9-5-3-2-4-6-9/h2-6,8,10H,7H2,1H3,(H,12,13). The van der Waals surface area contributed by atoms with Crippen molar-refractivity contribution < 1.29 is 4.79 Å². The van der Waals surface area contributed by atoms with Crippen LogP contribution in [0.3, 0.4) is 0 Å². The number of carbonyl (C=O) groups is 1. The molecule has 0 saturated carbocycles. The molecular formula is C11H13NO. The number of amides is 1. The molecule has 1 aliphatic heterocycles. The zero-order valence-corrected chi connectivity index (χ0v) is 7.66. The Bertz CT molecular complexity index is 307. The van der Waals surface area contributed by atoms with Crippen molar-refractivity contribution in [3.63, 3.8) is 0 Å². The molecule has 0 bridgehead atoms. The first-order chi connectivity index (χ1) is 6.27. The van der Waals surface area contributed by atoms with E-state index in [1.165, 1.54) is 5.56 Å². The third-order valence-corrected chi connectivity index (χ3v) is 2.63. The van der Waals surface area contributed by atoms with Crippen LogP contribution in [0.1, 0.15) is 24.8 Å². The fourth-order valence-electron chi connectivity index (χ4n) is 1.90. The lowest BCUT2D eigenvalue weighted by Crippen LogP contribution is -2.24. The van der Waals surface area contributed by atoms with Gasteiger partial charge in [-0.25, -0.2) is 0 Å². The highest BCUT2D eigenvalue weighted by molar-refractivity contribution is 5.80. The first-order valence-corrected chi connectivity index (χ1v) is 4.61. The molecule has 0 aromatic heterocycles. The molecule has 0 radical (unpaired) electrons. The van der Waals surface area contributed by atoms with Gasteiger partial charge in [-0.1, -0.05) is 30.3 Å². The van der Waals surface area contributed by atoms with Crippen molar-refractivity contribution >= 4 is 5.91 Å². The predicted molar refractivity (Wildman–Crippen MR) is 51.4 cm³/mol. The van der Waals surface area contributed by atoms with Gasteiger partial charge in [-0.3, -0.25) is 4.79 Å². The molecule has 68 valence electrons. The van der Waals surface area contributed by atoms with Crippen LogP contribution in [0.2, 0.25) is 0 Å². The second-order valence-electron chi connectivity index (χ2n) is 3.58. The molecule has 1 aliphatic rings. The van der Waals surface area contributed by atoms with E-state index in [1.54, 1.807) is 0 Å². The molecule has 2 nitrogen and oxygen atoms in total. The monoisotopic (exact) mass is 175 g/mol. The average molecular weight is 175 g/mol. The highest BCUT2D eigenvalue weighted by atomic mass is 16.1. The minimum atomic E-state index is 0.168. The van der Waals surface area contributed by atoms with Gasteiger partial charge in [0.25, 0.3) is 0 Å².